The van der Waals surface area contributed by atoms with Crippen LogP contribution in [0.25, 0.3) is 0 Å². The van der Waals surface area contributed by atoms with Gasteiger partial charge >= 0.3 is 0 Å². The maximum Gasteiger partial charge on any atom is 0.251 e. The zero-order valence-corrected chi connectivity index (χ0v) is 10.9. The van der Waals surface area contributed by atoms with Gasteiger partial charge < -0.3 is 9.30 Å². The number of aromatic nitrogens is 1. The van der Waals surface area contributed by atoms with Crippen LogP contribution in [0.1, 0.15) is 21.6 Å². The Balaban J connectivity index is 2.48. The monoisotopic (exact) mass is 257 g/mol. The van der Waals surface area contributed by atoms with Crippen LogP contribution in [-0.2, 0) is 6.54 Å². The molecular formula is C15H15NO3. The summed E-state index contributed by atoms with van der Waals surface area (Å²) in [7, 11) is 1.57. The molecule has 0 saturated carbocycles. The van der Waals surface area contributed by atoms with Crippen molar-refractivity contribution in [3.63, 3.8) is 0 Å². The van der Waals surface area contributed by atoms with Crippen LogP contribution < -0.4 is 10.3 Å². The average molecular weight is 257 g/mol. The van der Waals surface area contributed by atoms with Crippen LogP contribution in [0.2, 0.25) is 0 Å². The average Bonchev–Trinajstić information content (AvgIpc) is 2.42. The third-order valence-electron chi connectivity index (χ3n) is 3.04. The molecule has 0 amide bonds. The van der Waals surface area contributed by atoms with Crippen molar-refractivity contribution in [3.8, 4) is 5.75 Å². The van der Waals surface area contributed by atoms with Crippen LogP contribution in [0.4, 0.5) is 0 Å². The van der Waals surface area contributed by atoms with Gasteiger partial charge in [0.25, 0.3) is 5.56 Å². The second kappa shape index (κ2) is 5.52. The fourth-order valence-electron chi connectivity index (χ4n) is 1.99. The highest BCUT2D eigenvalue weighted by Gasteiger charge is 2.07. The largest absolute Gasteiger partial charge is 0.496 e. The van der Waals surface area contributed by atoms with E-state index in [0.717, 1.165) is 17.5 Å². The van der Waals surface area contributed by atoms with Crippen molar-refractivity contribution >= 4 is 6.29 Å². The maximum atomic E-state index is 11.9. The topological polar surface area (TPSA) is 48.3 Å². The number of ether oxygens (including phenoxy) is 1. The van der Waals surface area contributed by atoms with E-state index in [-0.39, 0.29) is 5.56 Å². The quantitative estimate of drug-likeness (QED) is 0.787. The Morgan fingerprint density at radius 3 is 2.68 bits per heavy atom. The second-order valence-corrected chi connectivity index (χ2v) is 4.28. The first-order chi connectivity index (χ1) is 9.15. The third kappa shape index (κ3) is 2.73. The molecule has 0 fully saturated rings. The van der Waals surface area contributed by atoms with Crippen LogP contribution >= 0.6 is 0 Å². The van der Waals surface area contributed by atoms with Crippen molar-refractivity contribution in [2.24, 2.45) is 0 Å². The summed E-state index contributed by atoms with van der Waals surface area (Å²) in [5.41, 5.74) is 2.17. The Bertz CT molecular complexity index is 659. The molecule has 1 aromatic heterocycles. The number of hydrogen-bond donors (Lipinski definition) is 0. The number of methoxy groups -OCH3 is 1. The molecule has 1 aromatic carbocycles. The number of aryl methyl sites for hydroxylation is 1. The highest BCUT2D eigenvalue weighted by molar-refractivity contribution is 5.75. The zero-order chi connectivity index (χ0) is 13.8. The van der Waals surface area contributed by atoms with Crippen molar-refractivity contribution in [2.45, 2.75) is 13.5 Å². The van der Waals surface area contributed by atoms with Gasteiger partial charge in [-0.05, 0) is 31.2 Å². The van der Waals surface area contributed by atoms with Gasteiger partial charge in [-0.2, -0.15) is 0 Å². The van der Waals surface area contributed by atoms with Crippen molar-refractivity contribution in [1.29, 1.82) is 0 Å². The molecule has 0 atom stereocenters. The number of carbonyl (C=O) groups excluding carboxylic acids is 1. The van der Waals surface area contributed by atoms with Crippen LogP contribution in [-0.4, -0.2) is 18.0 Å². The van der Waals surface area contributed by atoms with Crippen LogP contribution in [0.15, 0.2) is 41.2 Å². The van der Waals surface area contributed by atoms with Gasteiger partial charge in [-0.3, -0.25) is 9.59 Å². The molecule has 0 aliphatic carbocycles. The van der Waals surface area contributed by atoms with Crippen molar-refractivity contribution < 1.29 is 9.53 Å². The van der Waals surface area contributed by atoms with Crippen molar-refractivity contribution in [1.82, 2.24) is 4.57 Å². The molecule has 2 aromatic rings. The molecular weight excluding hydrogens is 242 g/mol. The summed E-state index contributed by atoms with van der Waals surface area (Å²) >= 11 is 0. The van der Waals surface area contributed by atoms with E-state index < -0.39 is 0 Å². The number of benzene rings is 1. The van der Waals surface area contributed by atoms with Crippen LogP contribution in [0, 0.1) is 6.92 Å². The lowest BCUT2D eigenvalue weighted by atomic mass is 10.1. The SMILES string of the molecule is COc1ccc(C=O)cc1Cn1c(C)cccc1=O. The van der Waals surface area contributed by atoms with Crippen LogP contribution in [0.3, 0.4) is 0 Å². The van der Waals surface area contributed by atoms with E-state index in [1.165, 1.54) is 6.07 Å². The molecule has 0 spiro atoms. The molecule has 2 rings (SSSR count). The zero-order valence-electron chi connectivity index (χ0n) is 10.9. The van der Waals surface area contributed by atoms with E-state index in [1.54, 1.807) is 35.9 Å². The highest BCUT2D eigenvalue weighted by atomic mass is 16.5. The second-order valence-electron chi connectivity index (χ2n) is 4.28. The first-order valence-corrected chi connectivity index (χ1v) is 5.94. The summed E-state index contributed by atoms with van der Waals surface area (Å²) in [4.78, 5) is 22.7. The Kier molecular flexibility index (Phi) is 3.80. The van der Waals surface area contributed by atoms with Gasteiger partial charge in [0.2, 0.25) is 0 Å². The van der Waals surface area contributed by atoms with E-state index in [1.807, 2.05) is 13.0 Å². The van der Waals surface area contributed by atoms with E-state index in [2.05, 4.69) is 0 Å². The van der Waals surface area contributed by atoms with E-state index in [9.17, 15) is 9.59 Å². The number of rotatable bonds is 4. The first-order valence-electron chi connectivity index (χ1n) is 5.94. The number of carbonyl (C=O) groups is 1. The molecule has 0 saturated heterocycles. The smallest absolute Gasteiger partial charge is 0.251 e. The van der Waals surface area contributed by atoms with E-state index in [0.29, 0.717) is 17.9 Å². The standard InChI is InChI=1S/C15H15NO3/c1-11-4-3-5-15(18)16(11)9-13-8-12(10-17)6-7-14(13)19-2/h3-8,10H,9H2,1-2H3. The number of aldehydes is 1. The molecule has 19 heavy (non-hydrogen) atoms. The summed E-state index contributed by atoms with van der Waals surface area (Å²) in [6.45, 7) is 2.26. The number of nitrogens with zero attached hydrogens (tertiary/aromatic N) is 1. The summed E-state index contributed by atoms with van der Waals surface area (Å²) in [5, 5.41) is 0. The fraction of sp³-hybridized carbons (Fsp3) is 0.200. The minimum absolute atomic E-state index is 0.0708. The van der Waals surface area contributed by atoms with Crippen molar-refractivity contribution in [3.05, 3.63) is 63.6 Å². The van der Waals surface area contributed by atoms with E-state index >= 15 is 0 Å². The molecule has 1 heterocycles. The van der Waals surface area contributed by atoms with Gasteiger partial charge in [0.1, 0.15) is 12.0 Å². The Morgan fingerprint density at radius 1 is 1.26 bits per heavy atom. The fourth-order valence-corrected chi connectivity index (χ4v) is 1.99. The summed E-state index contributed by atoms with van der Waals surface area (Å²) in [6.07, 6.45) is 0.781. The number of pyridine rings is 1. The number of hydrogen-bond acceptors (Lipinski definition) is 3. The summed E-state index contributed by atoms with van der Waals surface area (Å²) in [5.74, 6) is 0.667. The Morgan fingerprint density at radius 2 is 2.05 bits per heavy atom. The maximum absolute atomic E-state index is 11.9. The molecule has 0 N–H and O–H groups in total. The summed E-state index contributed by atoms with van der Waals surface area (Å²) in [6, 6.07) is 10.3. The van der Waals surface area contributed by atoms with Gasteiger partial charge in [0.15, 0.2) is 0 Å². The van der Waals surface area contributed by atoms with Gasteiger partial charge in [-0.15, -0.1) is 0 Å². The van der Waals surface area contributed by atoms with Crippen LogP contribution in [0.5, 0.6) is 5.75 Å². The van der Waals surface area contributed by atoms with Gasteiger partial charge in [-0.1, -0.05) is 6.07 Å². The Labute approximate surface area is 111 Å². The molecule has 4 nitrogen and oxygen atoms in total. The molecule has 0 unspecified atom stereocenters. The summed E-state index contributed by atoms with van der Waals surface area (Å²) < 4.78 is 6.91. The highest BCUT2D eigenvalue weighted by Crippen LogP contribution is 2.20. The van der Waals surface area contributed by atoms with Crippen molar-refractivity contribution in [2.75, 3.05) is 7.11 Å². The lowest BCUT2D eigenvalue weighted by Gasteiger charge is -2.13. The lowest BCUT2D eigenvalue weighted by molar-refractivity contribution is 0.112. The first kappa shape index (κ1) is 13.1. The molecule has 0 radical (unpaired) electrons. The molecule has 4 heteroatoms. The van der Waals surface area contributed by atoms with Gasteiger partial charge in [0.05, 0.1) is 13.7 Å². The third-order valence-corrected chi connectivity index (χ3v) is 3.04. The molecule has 0 aliphatic rings. The predicted octanol–water partition coefficient (Wildman–Crippen LogP) is 2.03. The lowest BCUT2D eigenvalue weighted by Crippen LogP contribution is -2.21. The minimum atomic E-state index is -0.0708. The molecule has 0 aliphatic heterocycles. The Hall–Kier alpha value is -2.36. The van der Waals surface area contributed by atoms with Gasteiger partial charge in [0, 0.05) is 22.9 Å². The minimum Gasteiger partial charge on any atom is -0.496 e. The van der Waals surface area contributed by atoms with Gasteiger partial charge in [-0.25, -0.2) is 0 Å². The predicted molar refractivity (Wildman–Crippen MR) is 72.9 cm³/mol. The normalized spacial score (nSPS) is 10.2. The molecule has 0 bridgehead atoms. The molecule has 98 valence electrons. The van der Waals surface area contributed by atoms with E-state index in [4.69, 9.17) is 4.74 Å².